The first-order chi connectivity index (χ1) is 11.0. The second-order valence-corrected chi connectivity index (χ2v) is 6.17. The molecule has 5 nitrogen and oxygen atoms in total. The number of piperidine rings is 1. The molecule has 0 bridgehead atoms. The highest BCUT2D eigenvalue weighted by molar-refractivity contribution is 5.72. The number of aryl methyl sites for hydroxylation is 1. The Kier molecular flexibility index (Phi) is 6.42. The van der Waals surface area contributed by atoms with Gasteiger partial charge in [0.05, 0.1) is 26.2 Å². The molecule has 1 N–H and O–H groups in total. The molecule has 1 atom stereocenters. The number of rotatable bonds is 6. The van der Waals surface area contributed by atoms with Crippen LogP contribution in [0.25, 0.3) is 0 Å². The van der Waals surface area contributed by atoms with Gasteiger partial charge in [0, 0.05) is 6.54 Å². The maximum absolute atomic E-state index is 11.5. The summed E-state index contributed by atoms with van der Waals surface area (Å²) in [5.41, 5.74) is 1.95. The maximum Gasteiger partial charge on any atom is 0.308 e. The van der Waals surface area contributed by atoms with Crippen molar-refractivity contribution in [1.82, 2.24) is 4.90 Å². The zero-order valence-corrected chi connectivity index (χ0v) is 14.2. The lowest BCUT2D eigenvalue weighted by molar-refractivity contribution is -0.147. The molecule has 1 aliphatic heterocycles. The van der Waals surface area contributed by atoms with Crippen LogP contribution in [-0.4, -0.2) is 49.8 Å². The average Bonchev–Trinajstić information content (AvgIpc) is 2.59. The number of benzene rings is 1. The van der Waals surface area contributed by atoms with E-state index in [0.29, 0.717) is 6.42 Å². The fourth-order valence-electron chi connectivity index (χ4n) is 3.14. The topological polar surface area (TPSA) is 59.0 Å². The molecule has 0 radical (unpaired) electrons. The molecular weight excluding hydrogens is 294 g/mol. The van der Waals surface area contributed by atoms with Crippen LogP contribution in [0.3, 0.4) is 0 Å². The first-order valence-corrected chi connectivity index (χ1v) is 8.18. The van der Waals surface area contributed by atoms with Gasteiger partial charge in [-0.3, -0.25) is 4.79 Å². The van der Waals surface area contributed by atoms with Crippen molar-refractivity contribution in [2.75, 3.05) is 33.9 Å². The number of hydrogen-bond donors (Lipinski definition) is 1. The summed E-state index contributed by atoms with van der Waals surface area (Å²) in [5, 5.41) is 10.4. The Morgan fingerprint density at radius 2 is 2.04 bits per heavy atom. The van der Waals surface area contributed by atoms with Crippen molar-refractivity contribution in [3.63, 3.8) is 0 Å². The van der Waals surface area contributed by atoms with Gasteiger partial charge in [0.15, 0.2) is 0 Å². The van der Waals surface area contributed by atoms with Crippen molar-refractivity contribution < 1.29 is 19.4 Å². The summed E-state index contributed by atoms with van der Waals surface area (Å²) in [4.78, 5) is 13.8. The average molecular weight is 321 g/mol. The van der Waals surface area contributed by atoms with E-state index in [4.69, 9.17) is 9.47 Å². The van der Waals surface area contributed by atoms with Crippen LogP contribution in [0.15, 0.2) is 18.2 Å². The lowest BCUT2D eigenvalue weighted by atomic mass is 9.96. The van der Waals surface area contributed by atoms with Gasteiger partial charge < -0.3 is 19.5 Å². The SMILES string of the molecule is COC(=O)C1CCN(CCC(O)c2ccc(OC)c(C)c2)CC1. The van der Waals surface area contributed by atoms with Gasteiger partial charge >= 0.3 is 5.97 Å². The molecule has 0 amide bonds. The molecule has 2 rings (SSSR count). The molecule has 0 aliphatic carbocycles. The Hall–Kier alpha value is -1.59. The van der Waals surface area contributed by atoms with Gasteiger partial charge in [-0.1, -0.05) is 6.07 Å². The van der Waals surface area contributed by atoms with Gasteiger partial charge in [-0.15, -0.1) is 0 Å². The Morgan fingerprint density at radius 1 is 1.35 bits per heavy atom. The van der Waals surface area contributed by atoms with E-state index in [0.717, 1.165) is 49.4 Å². The van der Waals surface area contributed by atoms with Crippen molar-refractivity contribution in [2.24, 2.45) is 5.92 Å². The Labute approximate surface area is 138 Å². The van der Waals surface area contributed by atoms with Crippen LogP contribution < -0.4 is 4.74 Å². The number of esters is 1. The monoisotopic (exact) mass is 321 g/mol. The number of likely N-dealkylation sites (tertiary alicyclic amines) is 1. The second kappa shape index (κ2) is 8.31. The zero-order chi connectivity index (χ0) is 16.8. The fourth-order valence-corrected chi connectivity index (χ4v) is 3.14. The van der Waals surface area contributed by atoms with Crippen LogP contribution in [-0.2, 0) is 9.53 Å². The van der Waals surface area contributed by atoms with E-state index >= 15 is 0 Å². The molecule has 1 aliphatic rings. The van der Waals surface area contributed by atoms with Crippen LogP contribution in [0.5, 0.6) is 5.75 Å². The molecule has 1 aromatic rings. The van der Waals surface area contributed by atoms with Crippen LogP contribution in [0.4, 0.5) is 0 Å². The van der Waals surface area contributed by atoms with Gasteiger partial charge in [-0.05, 0) is 62.5 Å². The van der Waals surface area contributed by atoms with Crippen molar-refractivity contribution in [3.05, 3.63) is 29.3 Å². The Morgan fingerprint density at radius 3 is 2.61 bits per heavy atom. The first kappa shape index (κ1) is 17.8. The minimum Gasteiger partial charge on any atom is -0.496 e. The van der Waals surface area contributed by atoms with Gasteiger partial charge in [0.25, 0.3) is 0 Å². The summed E-state index contributed by atoms with van der Waals surface area (Å²) >= 11 is 0. The normalized spacial score (nSPS) is 17.7. The standard InChI is InChI=1S/C18H27NO4/c1-13-12-15(4-5-17(13)22-2)16(20)8-11-19-9-6-14(7-10-19)18(21)23-3/h4-5,12,14,16,20H,6-11H2,1-3H3. The van der Waals surface area contributed by atoms with Crippen LogP contribution in [0, 0.1) is 12.8 Å². The summed E-state index contributed by atoms with van der Waals surface area (Å²) in [5.74, 6) is 0.773. The Bertz CT molecular complexity index is 524. The van der Waals surface area contributed by atoms with Crippen molar-refractivity contribution >= 4 is 5.97 Å². The zero-order valence-electron chi connectivity index (χ0n) is 14.2. The minimum atomic E-state index is -0.474. The number of carbonyl (C=O) groups is 1. The molecule has 0 spiro atoms. The van der Waals surface area contributed by atoms with Gasteiger partial charge in [0.1, 0.15) is 5.75 Å². The highest BCUT2D eigenvalue weighted by atomic mass is 16.5. The van der Waals surface area contributed by atoms with E-state index in [9.17, 15) is 9.90 Å². The largest absolute Gasteiger partial charge is 0.496 e. The van der Waals surface area contributed by atoms with Gasteiger partial charge in [-0.2, -0.15) is 0 Å². The lowest BCUT2D eigenvalue weighted by Gasteiger charge is -2.31. The maximum atomic E-state index is 11.5. The molecule has 128 valence electrons. The van der Waals surface area contributed by atoms with Gasteiger partial charge in [-0.25, -0.2) is 0 Å². The number of ether oxygens (including phenoxy) is 2. The van der Waals surface area contributed by atoms with E-state index in [1.807, 2.05) is 25.1 Å². The molecule has 0 saturated carbocycles. The summed E-state index contributed by atoms with van der Waals surface area (Å²) < 4.78 is 10.0. The predicted molar refractivity (Wildman–Crippen MR) is 88.5 cm³/mol. The number of hydrogen-bond acceptors (Lipinski definition) is 5. The third-order valence-corrected chi connectivity index (χ3v) is 4.64. The molecule has 1 fully saturated rings. The van der Waals surface area contributed by atoms with E-state index in [2.05, 4.69) is 4.90 Å². The Balaban J connectivity index is 1.80. The number of aliphatic hydroxyl groups excluding tert-OH is 1. The van der Waals surface area contributed by atoms with Gasteiger partial charge in [0.2, 0.25) is 0 Å². The second-order valence-electron chi connectivity index (χ2n) is 6.17. The predicted octanol–water partition coefficient (Wildman–Crippen LogP) is 2.31. The number of carbonyl (C=O) groups excluding carboxylic acids is 1. The summed E-state index contributed by atoms with van der Waals surface area (Å²) in [6.07, 6.45) is 1.89. The molecule has 0 aromatic heterocycles. The minimum absolute atomic E-state index is 0.0328. The fraction of sp³-hybridized carbons (Fsp3) is 0.611. The summed E-state index contributed by atoms with van der Waals surface area (Å²) in [6.45, 7) is 4.58. The van der Waals surface area contributed by atoms with Crippen LogP contribution >= 0.6 is 0 Å². The van der Waals surface area contributed by atoms with Crippen molar-refractivity contribution in [2.45, 2.75) is 32.3 Å². The third kappa shape index (κ3) is 4.69. The molecule has 5 heteroatoms. The third-order valence-electron chi connectivity index (χ3n) is 4.64. The number of aliphatic hydroxyl groups is 1. The quantitative estimate of drug-likeness (QED) is 0.815. The van der Waals surface area contributed by atoms with Crippen molar-refractivity contribution in [1.29, 1.82) is 0 Å². The van der Waals surface area contributed by atoms with E-state index in [1.165, 1.54) is 7.11 Å². The highest BCUT2D eigenvalue weighted by Crippen LogP contribution is 2.25. The van der Waals surface area contributed by atoms with Crippen LogP contribution in [0.1, 0.15) is 36.5 Å². The molecule has 1 unspecified atom stereocenters. The molecule has 1 heterocycles. The first-order valence-electron chi connectivity index (χ1n) is 8.18. The number of methoxy groups -OCH3 is 2. The smallest absolute Gasteiger partial charge is 0.308 e. The lowest BCUT2D eigenvalue weighted by Crippen LogP contribution is -2.37. The van der Waals surface area contributed by atoms with E-state index in [-0.39, 0.29) is 11.9 Å². The van der Waals surface area contributed by atoms with E-state index in [1.54, 1.807) is 7.11 Å². The van der Waals surface area contributed by atoms with E-state index < -0.39 is 6.10 Å². The molecule has 23 heavy (non-hydrogen) atoms. The summed E-state index contributed by atoms with van der Waals surface area (Å²) in [6, 6.07) is 5.79. The summed E-state index contributed by atoms with van der Waals surface area (Å²) in [7, 11) is 3.10. The molecule has 1 saturated heterocycles. The molecular formula is C18H27NO4. The highest BCUT2D eigenvalue weighted by Gasteiger charge is 2.25. The number of nitrogens with zero attached hydrogens (tertiary/aromatic N) is 1. The van der Waals surface area contributed by atoms with Crippen molar-refractivity contribution in [3.8, 4) is 5.75 Å². The van der Waals surface area contributed by atoms with Crippen LogP contribution in [0.2, 0.25) is 0 Å². The molecule has 1 aromatic carbocycles.